The molecule has 2 N–H and O–H groups in total. The lowest BCUT2D eigenvalue weighted by atomic mass is 10.2. The SMILES string of the molecule is CSc1cnn(-c2ccccc2)c1NC(=O)NCC(=O)N1CCN(c2ccccc2)CC1. The minimum Gasteiger partial charge on any atom is -0.368 e. The van der Waals surface area contributed by atoms with Crippen LogP contribution in [0.5, 0.6) is 0 Å². The van der Waals surface area contributed by atoms with E-state index in [0.29, 0.717) is 18.9 Å². The van der Waals surface area contributed by atoms with Gasteiger partial charge in [-0.25, -0.2) is 9.48 Å². The van der Waals surface area contributed by atoms with Gasteiger partial charge in [0, 0.05) is 31.9 Å². The predicted octanol–water partition coefficient (Wildman–Crippen LogP) is 3.06. The molecular formula is C23H26N6O2S. The van der Waals surface area contributed by atoms with E-state index in [9.17, 15) is 9.59 Å². The third-order valence-electron chi connectivity index (χ3n) is 5.34. The quantitative estimate of drug-likeness (QED) is 0.564. The molecular weight excluding hydrogens is 424 g/mol. The number of urea groups is 1. The van der Waals surface area contributed by atoms with Crippen molar-refractivity contribution in [3.05, 3.63) is 66.9 Å². The summed E-state index contributed by atoms with van der Waals surface area (Å²) in [5.41, 5.74) is 2.01. The third kappa shape index (κ3) is 5.05. The van der Waals surface area contributed by atoms with Crippen LogP contribution in [0.2, 0.25) is 0 Å². The highest BCUT2D eigenvalue weighted by molar-refractivity contribution is 7.98. The molecule has 0 aliphatic carbocycles. The van der Waals surface area contributed by atoms with Crippen LogP contribution >= 0.6 is 11.8 Å². The fourth-order valence-corrected chi connectivity index (χ4v) is 4.12. The first kappa shape index (κ1) is 21.8. The van der Waals surface area contributed by atoms with Crippen LogP contribution < -0.4 is 15.5 Å². The summed E-state index contributed by atoms with van der Waals surface area (Å²) in [6, 6.07) is 19.3. The van der Waals surface area contributed by atoms with Gasteiger partial charge in [-0.15, -0.1) is 11.8 Å². The van der Waals surface area contributed by atoms with Crippen LogP contribution in [-0.4, -0.2) is 65.6 Å². The lowest BCUT2D eigenvalue weighted by molar-refractivity contribution is -0.130. The molecule has 0 bridgehead atoms. The number of anilines is 2. The van der Waals surface area contributed by atoms with E-state index in [1.807, 2.05) is 54.8 Å². The maximum absolute atomic E-state index is 12.6. The van der Waals surface area contributed by atoms with Crippen LogP contribution in [0.3, 0.4) is 0 Å². The number of benzene rings is 2. The highest BCUT2D eigenvalue weighted by Gasteiger charge is 2.22. The van der Waals surface area contributed by atoms with Crippen LogP contribution in [0, 0.1) is 0 Å². The largest absolute Gasteiger partial charge is 0.368 e. The Hall–Kier alpha value is -3.46. The van der Waals surface area contributed by atoms with Gasteiger partial charge in [0.2, 0.25) is 5.91 Å². The van der Waals surface area contributed by atoms with E-state index in [-0.39, 0.29) is 12.5 Å². The summed E-state index contributed by atoms with van der Waals surface area (Å²) in [6.07, 6.45) is 3.64. The van der Waals surface area contributed by atoms with E-state index in [1.165, 1.54) is 11.8 Å². The maximum Gasteiger partial charge on any atom is 0.320 e. The van der Waals surface area contributed by atoms with E-state index in [1.54, 1.807) is 15.8 Å². The van der Waals surface area contributed by atoms with Crippen molar-refractivity contribution < 1.29 is 9.59 Å². The number of rotatable bonds is 6. The van der Waals surface area contributed by atoms with E-state index >= 15 is 0 Å². The number of nitrogens with one attached hydrogen (secondary N) is 2. The number of thioether (sulfide) groups is 1. The molecule has 0 radical (unpaired) electrons. The Morgan fingerprint density at radius 3 is 2.19 bits per heavy atom. The molecule has 0 saturated carbocycles. The number of amides is 3. The number of carbonyl (C=O) groups is 2. The Bertz CT molecular complexity index is 1050. The average molecular weight is 451 g/mol. The molecule has 1 saturated heterocycles. The first-order valence-electron chi connectivity index (χ1n) is 10.5. The molecule has 1 aliphatic rings. The van der Waals surface area contributed by atoms with Crippen LogP contribution in [0.15, 0.2) is 71.8 Å². The van der Waals surface area contributed by atoms with Gasteiger partial charge in [0.25, 0.3) is 0 Å². The van der Waals surface area contributed by atoms with Crippen LogP contribution in [0.4, 0.5) is 16.3 Å². The van der Waals surface area contributed by atoms with Gasteiger partial charge in [0.1, 0.15) is 0 Å². The van der Waals surface area contributed by atoms with Gasteiger partial charge < -0.3 is 15.1 Å². The van der Waals surface area contributed by atoms with Gasteiger partial charge in [-0.05, 0) is 30.5 Å². The van der Waals surface area contributed by atoms with Gasteiger partial charge >= 0.3 is 6.03 Å². The van der Waals surface area contributed by atoms with Gasteiger partial charge in [0.05, 0.1) is 23.3 Å². The predicted molar refractivity (Wildman–Crippen MR) is 128 cm³/mol. The second-order valence-electron chi connectivity index (χ2n) is 7.32. The summed E-state index contributed by atoms with van der Waals surface area (Å²) in [7, 11) is 0. The normalized spacial score (nSPS) is 13.7. The molecule has 0 spiro atoms. The number of piperazine rings is 1. The Kier molecular flexibility index (Phi) is 6.96. The van der Waals surface area contributed by atoms with Crippen molar-refractivity contribution in [3.8, 4) is 5.69 Å². The minimum absolute atomic E-state index is 0.0504. The van der Waals surface area contributed by atoms with E-state index in [2.05, 4.69) is 32.8 Å². The third-order valence-corrected chi connectivity index (χ3v) is 6.08. The van der Waals surface area contributed by atoms with Crippen LogP contribution in [-0.2, 0) is 4.79 Å². The zero-order valence-corrected chi connectivity index (χ0v) is 18.7. The summed E-state index contributed by atoms with van der Waals surface area (Å²) in [4.78, 5) is 30.0. The molecule has 0 unspecified atom stereocenters. The monoisotopic (exact) mass is 450 g/mol. The first-order valence-corrected chi connectivity index (χ1v) is 11.7. The van der Waals surface area contributed by atoms with Gasteiger partial charge in [-0.3, -0.25) is 10.1 Å². The smallest absolute Gasteiger partial charge is 0.320 e. The number of para-hydroxylation sites is 2. The van der Waals surface area contributed by atoms with Crippen molar-refractivity contribution in [2.45, 2.75) is 4.90 Å². The van der Waals surface area contributed by atoms with Crippen molar-refractivity contribution in [2.75, 3.05) is 49.2 Å². The summed E-state index contributed by atoms with van der Waals surface area (Å²) >= 11 is 1.49. The maximum atomic E-state index is 12.6. The molecule has 8 nitrogen and oxygen atoms in total. The average Bonchev–Trinajstić information content (AvgIpc) is 3.26. The van der Waals surface area contributed by atoms with Gasteiger partial charge in [-0.1, -0.05) is 36.4 Å². The number of carbonyl (C=O) groups excluding carboxylic acids is 2. The molecule has 0 atom stereocenters. The Morgan fingerprint density at radius 1 is 0.938 bits per heavy atom. The molecule has 4 rings (SSSR count). The molecule has 1 aromatic heterocycles. The lowest BCUT2D eigenvalue weighted by Gasteiger charge is -2.36. The van der Waals surface area contributed by atoms with Crippen molar-refractivity contribution in [3.63, 3.8) is 0 Å². The molecule has 1 fully saturated rings. The summed E-state index contributed by atoms with van der Waals surface area (Å²) in [5, 5.41) is 9.92. The van der Waals surface area contributed by atoms with Crippen LogP contribution in [0.25, 0.3) is 5.69 Å². The van der Waals surface area contributed by atoms with Crippen molar-refractivity contribution >= 4 is 35.2 Å². The molecule has 9 heteroatoms. The molecule has 1 aliphatic heterocycles. The lowest BCUT2D eigenvalue weighted by Crippen LogP contribution is -2.51. The standard InChI is InChI=1S/C23H26N6O2S/c1-32-20-16-25-29(19-10-6-3-7-11-19)22(20)26-23(31)24-17-21(30)28-14-12-27(13-15-28)18-8-4-2-5-9-18/h2-11,16H,12-15,17H2,1H3,(H2,24,26,31). The summed E-state index contributed by atoms with van der Waals surface area (Å²) in [5.74, 6) is 0.486. The fourth-order valence-electron chi connectivity index (χ4n) is 3.63. The second kappa shape index (κ2) is 10.2. The molecule has 2 heterocycles. The van der Waals surface area contributed by atoms with Gasteiger partial charge in [0.15, 0.2) is 5.82 Å². The number of aromatic nitrogens is 2. The Morgan fingerprint density at radius 2 is 1.56 bits per heavy atom. The Labute approximate surface area is 191 Å². The Balaban J connectivity index is 1.30. The zero-order chi connectivity index (χ0) is 22.3. The highest BCUT2D eigenvalue weighted by Crippen LogP contribution is 2.27. The number of hydrogen-bond donors (Lipinski definition) is 2. The minimum atomic E-state index is -0.436. The van der Waals surface area contributed by atoms with Crippen molar-refractivity contribution in [1.82, 2.24) is 20.0 Å². The molecule has 3 amide bonds. The van der Waals surface area contributed by atoms with E-state index in [4.69, 9.17) is 0 Å². The van der Waals surface area contributed by atoms with Crippen molar-refractivity contribution in [1.29, 1.82) is 0 Å². The topological polar surface area (TPSA) is 82.5 Å². The van der Waals surface area contributed by atoms with Gasteiger partial charge in [-0.2, -0.15) is 5.10 Å². The fraction of sp³-hybridized carbons (Fsp3) is 0.261. The highest BCUT2D eigenvalue weighted by atomic mass is 32.2. The summed E-state index contributed by atoms with van der Waals surface area (Å²) in [6.45, 7) is 2.76. The number of nitrogens with zero attached hydrogens (tertiary/aromatic N) is 4. The second-order valence-corrected chi connectivity index (χ2v) is 8.17. The molecule has 32 heavy (non-hydrogen) atoms. The van der Waals surface area contributed by atoms with E-state index in [0.717, 1.165) is 29.4 Å². The molecule has 166 valence electrons. The van der Waals surface area contributed by atoms with E-state index < -0.39 is 6.03 Å². The zero-order valence-electron chi connectivity index (χ0n) is 17.9. The van der Waals surface area contributed by atoms with Crippen LogP contribution in [0.1, 0.15) is 0 Å². The number of hydrogen-bond acceptors (Lipinski definition) is 5. The molecule has 3 aromatic rings. The molecule has 2 aromatic carbocycles. The van der Waals surface area contributed by atoms with Crippen molar-refractivity contribution in [2.24, 2.45) is 0 Å². The first-order chi connectivity index (χ1) is 15.7. The summed E-state index contributed by atoms with van der Waals surface area (Å²) < 4.78 is 1.68.